The van der Waals surface area contributed by atoms with Crippen LogP contribution in [0.4, 0.5) is 0 Å². The Kier molecular flexibility index (Phi) is 2.60. The predicted molar refractivity (Wildman–Crippen MR) is 39.0 cm³/mol. The number of nitrogens with two attached hydrogens (primary N) is 2. The summed E-state index contributed by atoms with van der Waals surface area (Å²) in [7, 11) is -4.78. The number of primary amides is 1. The minimum Gasteiger partial charge on any atom is -0.366 e. The van der Waals surface area contributed by atoms with Gasteiger partial charge in [-0.2, -0.15) is 8.42 Å². The number of rotatable bonds is 3. The maximum atomic E-state index is 10.3. The van der Waals surface area contributed by atoms with E-state index in [0.29, 0.717) is 0 Å². The van der Waals surface area contributed by atoms with Gasteiger partial charge in [-0.05, 0) is 0 Å². The SMILES string of the molecule is C=C([C@](N)(O)C(N)=O)S(=O)(=O)O. The smallest absolute Gasteiger partial charge is 0.294 e. The minimum absolute atomic E-state index is 1.26. The lowest BCUT2D eigenvalue weighted by Crippen LogP contribution is -2.54. The summed E-state index contributed by atoms with van der Waals surface area (Å²) in [6, 6.07) is 0. The first-order valence-corrected chi connectivity index (χ1v) is 4.02. The van der Waals surface area contributed by atoms with E-state index in [1.165, 1.54) is 0 Å². The average Bonchev–Trinajstić information content (AvgIpc) is 1.83. The van der Waals surface area contributed by atoms with E-state index >= 15 is 0 Å². The molecular formula is C4H8N2O5S. The molecule has 0 saturated carbocycles. The highest BCUT2D eigenvalue weighted by Gasteiger charge is 2.39. The molecule has 12 heavy (non-hydrogen) atoms. The summed E-state index contributed by atoms with van der Waals surface area (Å²) in [5, 5.41) is 8.86. The molecular weight excluding hydrogens is 188 g/mol. The number of hydrogen-bond acceptors (Lipinski definition) is 5. The Morgan fingerprint density at radius 1 is 1.50 bits per heavy atom. The van der Waals surface area contributed by atoms with Crippen LogP contribution in [-0.4, -0.2) is 29.7 Å². The number of amides is 1. The third kappa shape index (κ3) is 2.01. The summed E-state index contributed by atoms with van der Waals surface area (Å²) in [5.74, 6) is -1.52. The van der Waals surface area contributed by atoms with Gasteiger partial charge in [0.1, 0.15) is 4.91 Å². The second kappa shape index (κ2) is 2.83. The molecule has 0 heterocycles. The summed E-state index contributed by atoms with van der Waals surface area (Å²) in [6.07, 6.45) is 0. The molecule has 7 nitrogen and oxygen atoms in total. The van der Waals surface area contributed by atoms with Crippen LogP contribution in [0.25, 0.3) is 0 Å². The van der Waals surface area contributed by atoms with Gasteiger partial charge in [-0.3, -0.25) is 15.1 Å². The van der Waals surface area contributed by atoms with Crippen molar-refractivity contribution in [2.45, 2.75) is 5.72 Å². The van der Waals surface area contributed by atoms with Crippen molar-refractivity contribution in [3.05, 3.63) is 11.5 Å². The van der Waals surface area contributed by atoms with Gasteiger partial charge in [-0.1, -0.05) is 6.58 Å². The standard InChI is InChI=1S/C4H8N2O5S/c1-2(12(9,10)11)4(6,8)3(5)7/h8H,1,6H2,(H2,5,7)(H,9,10,11)/t4-/m0/s1. The molecule has 0 aromatic heterocycles. The fraction of sp³-hybridized carbons (Fsp3) is 0.250. The maximum Gasteiger partial charge on any atom is 0.294 e. The number of carbonyl (C=O) groups is 1. The molecule has 0 aromatic rings. The Bertz CT molecular complexity index is 316. The van der Waals surface area contributed by atoms with Gasteiger partial charge >= 0.3 is 0 Å². The van der Waals surface area contributed by atoms with Crippen LogP contribution < -0.4 is 11.5 Å². The molecule has 0 unspecified atom stereocenters. The summed E-state index contributed by atoms with van der Waals surface area (Å²) in [6.45, 7) is 2.71. The Morgan fingerprint density at radius 2 is 1.83 bits per heavy atom. The highest BCUT2D eigenvalue weighted by atomic mass is 32.2. The first kappa shape index (κ1) is 11.0. The molecule has 0 aromatic carbocycles. The second-order valence-corrected chi connectivity index (χ2v) is 3.47. The van der Waals surface area contributed by atoms with E-state index in [9.17, 15) is 13.2 Å². The van der Waals surface area contributed by atoms with Gasteiger partial charge in [0, 0.05) is 0 Å². The Morgan fingerprint density at radius 3 is 1.92 bits per heavy atom. The number of carbonyl (C=O) groups excluding carboxylic acids is 1. The van der Waals surface area contributed by atoms with Crippen LogP contribution in [0.3, 0.4) is 0 Å². The van der Waals surface area contributed by atoms with Gasteiger partial charge < -0.3 is 10.8 Å². The van der Waals surface area contributed by atoms with Crippen LogP contribution >= 0.6 is 0 Å². The van der Waals surface area contributed by atoms with E-state index in [1.807, 2.05) is 0 Å². The van der Waals surface area contributed by atoms with Crippen LogP contribution in [0, 0.1) is 0 Å². The van der Waals surface area contributed by atoms with Gasteiger partial charge in [0.15, 0.2) is 0 Å². The third-order valence-electron chi connectivity index (χ3n) is 1.11. The van der Waals surface area contributed by atoms with Gasteiger partial charge in [0.2, 0.25) is 5.72 Å². The van der Waals surface area contributed by atoms with Crippen molar-refractivity contribution in [3.8, 4) is 0 Å². The topological polar surface area (TPSA) is 144 Å². The minimum atomic E-state index is -4.78. The molecule has 0 aliphatic heterocycles. The third-order valence-corrected chi connectivity index (χ3v) is 2.05. The van der Waals surface area contributed by atoms with E-state index in [0.717, 1.165) is 0 Å². The zero-order valence-electron chi connectivity index (χ0n) is 5.89. The molecule has 6 N–H and O–H groups in total. The Labute approximate surface area is 68.4 Å². The summed E-state index contributed by atoms with van der Waals surface area (Å²) in [4.78, 5) is 9.06. The number of hydrogen-bond donors (Lipinski definition) is 4. The Hall–Kier alpha value is -0.960. The van der Waals surface area contributed by atoms with Crippen LogP contribution in [0.15, 0.2) is 11.5 Å². The molecule has 0 saturated heterocycles. The van der Waals surface area contributed by atoms with Crippen molar-refractivity contribution in [3.63, 3.8) is 0 Å². The molecule has 0 rings (SSSR count). The van der Waals surface area contributed by atoms with Gasteiger partial charge in [0.25, 0.3) is 16.0 Å². The molecule has 0 spiro atoms. The largest absolute Gasteiger partial charge is 0.366 e. The second-order valence-electron chi connectivity index (χ2n) is 2.03. The first-order chi connectivity index (χ1) is 5.10. The first-order valence-electron chi connectivity index (χ1n) is 2.58. The predicted octanol–water partition coefficient (Wildman–Crippen LogP) is -2.48. The highest BCUT2D eigenvalue weighted by Crippen LogP contribution is 2.13. The van der Waals surface area contributed by atoms with Gasteiger partial charge in [-0.25, -0.2) is 0 Å². The maximum absolute atomic E-state index is 10.3. The van der Waals surface area contributed by atoms with E-state index < -0.39 is 26.7 Å². The fourth-order valence-electron chi connectivity index (χ4n) is 0.334. The zero-order valence-corrected chi connectivity index (χ0v) is 6.71. The zero-order chi connectivity index (χ0) is 10.2. The number of aliphatic hydroxyl groups is 1. The van der Waals surface area contributed by atoms with Crippen LogP contribution in [-0.2, 0) is 14.9 Å². The monoisotopic (exact) mass is 196 g/mol. The van der Waals surface area contributed by atoms with Crippen LogP contribution in [0.5, 0.6) is 0 Å². The molecule has 70 valence electrons. The van der Waals surface area contributed by atoms with E-state index in [4.69, 9.17) is 15.4 Å². The quantitative estimate of drug-likeness (QED) is 0.290. The molecule has 0 aliphatic rings. The van der Waals surface area contributed by atoms with Crippen molar-refractivity contribution >= 4 is 16.0 Å². The van der Waals surface area contributed by atoms with Gasteiger partial charge in [0.05, 0.1) is 0 Å². The molecule has 0 radical (unpaired) electrons. The molecule has 8 heteroatoms. The van der Waals surface area contributed by atoms with Crippen LogP contribution in [0.1, 0.15) is 0 Å². The lowest BCUT2D eigenvalue weighted by atomic mass is 10.2. The fourth-order valence-corrected chi connectivity index (χ4v) is 0.828. The lowest BCUT2D eigenvalue weighted by Gasteiger charge is -2.18. The average molecular weight is 196 g/mol. The molecule has 0 aliphatic carbocycles. The summed E-state index contributed by atoms with van der Waals surface area (Å²) < 4.78 is 28.9. The molecule has 0 fully saturated rings. The van der Waals surface area contributed by atoms with Crippen molar-refractivity contribution in [1.29, 1.82) is 0 Å². The molecule has 0 bridgehead atoms. The molecule has 1 atom stereocenters. The molecule has 1 amide bonds. The highest BCUT2D eigenvalue weighted by molar-refractivity contribution is 7.89. The van der Waals surface area contributed by atoms with Crippen molar-refractivity contribution in [2.75, 3.05) is 0 Å². The summed E-state index contributed by atoms with van der Waals surface area (Å²) in [5.41, 5.74) is 6.30. The van der Waals surface area contributed by atoms with E-state index in [2.05, 4.69) is 12.3 Å². The normalized spacial score (nSPS) is 16.6. The van der Waals surface area contributed by atoms with Gasteiger partial charge in [-0.15, -0.1) is 0 Å². The lowest BCUT2D eigenvalue weighted by molar-refractivity contribution is -0.131. The van der Waals surface area contributed by atoms with E-state index in [1.54, 1.807) is 0 Å². The van der Waals surface area contributed by atoms with Crippen molar-refractivity contribution < 1.29 is 22.9 Å². The van der Waals surface area contributed by atoms with E-state index in [-0.39, 0.29) is 0 Å². The van der Waals surface area contributed by atoms with Crippen molar-refractivity contribution in [1.82, 2.24) is 0 Å². The van der Waals surface area contributed by atoms with Crippen LogP contribution in [0.2, 0.25) is 0 Å². The summed E-state index contributed by atoms with van der Waals surface area (Å²) >= 11 is 0. The van der Waals surface area contributed by atoms with Crippen molar-refractivity contribution in [2.24, 2.45) is 11.5 Å². The Balaban J connectivity index is 5.10.